The van der Waals surface area contributed by atoms with Crippen LogP contribution in [0.4, 0.5) is 5.69 Å². The first-order valence-corrected chi connectivity index (χ1v) is 14.6. The highest BCUT2D eigenvalue weighted by atomic mass is 32.2. The summed E-state index contributed by atoms with van der Waals surface area (Å²) >= 11 is 1.57. The second-order valence-corrected chi connectivity index (χ2v) is 10.9. The number of fused-ring (bicyclic) bond motifs is 1. The van der Waals surface area contributed by atoms with E-state index in [1.165, 1.54) is 5.56 Å². The first kappa shape index (κ1) is 30.4. The van der Waals surface area contributed by atoms with Crippen LogP contribution in [0.1, 0.15) is 23.3 Å². The van der Waals surface area contributed by atoms with E-state index in [1.54, 1.807) is 37.8 Å². The Labute approximate surface area is 246 Å². The number of carbonyl (C=O) groups is 2. The lowest BCUT2D eigenvalue weighted by molar-refractivity contribution is -0.152. The van der Waals surface area contributed by atoms with Gasteiger partial charge in [0, 0.05) is 24.5 Å². The molecule has 1 aliphatic heterocycles. The smallest absolute Gasteiger partial charge is 0.332 e. The van der Waals surface area contributed by atoms with Gasteiger partial charge in [0.05, 0.1) is 31.8 Å². The number of hydrogen-bond acceptors (Lipinski definition) is 8. The fourth-order valence-corrected chi connectivity index (χ4v) is 6.00. The number of para-hydroxylation sites is 1. The Bertz CT molecular complexity index is 1280. The zero-order valence-electron chi connectivity index (χ0n) is 24.1. The number of likely N-dealkylation sites (N-methyl/N-ethyl adjacent to an activating group) is 1. The molecule has 9 heteroatoms. The number of anilines is 1. The largest absolute Gasteiger partial charge is 0.497 e. The number of benzene rings is 3. The van der Waals surface area contributed by atoms with Gasteiger partial charge in [0.15, 0.2) is 6.10 Å². The predicted molar refractivity (Wildman–Crippen MR) is 161 cm³/mol. The normalized spacial score (nSPS) is 16.7. The van der Waals surface area contributed by atoms with Crippen LogP contribution >= 0.6 is 11.8 Å². The zero-order chi connectivity index (χ0) is 29.2. The highest BCUT2D eigenvalue weighted by Gasteiger charge is 2.39. The van der Waals surface area contributed by atoms with Crippen molar-refractivity contribution in [3.05, 3.63) is 83.9 Å². The van der Waals surface area contributed by atoms with Crippen LogP contribution in [0.25, 0.3) is 0 Å². The summed E-state index contributed by atoms with van der Waals surface area (Å²) < 4.78 is 21.7. The van der Waals surface area contributed by atoms with E-state index in [0.29, 0.717) is 13.1 Å². The van der Waals surface area contributed by atoms with E-state index < -0.39 is 12.1 Å². The summed E-state index contributed by atoms with van der Waals surface area (Å²) in [5.74, 6) is 0.884. The van der Waals surface area contributed by atoms with Gasteiger partial charge in [-0.2, -0.15) is 0 Å². The fourth-order valence-electron chi connectivity index (χ4n) is 4.66. The van der Waals surface area contributed by atoms with Crippen molar-refractivity contribution in [2.75, 3.05) is 59.0 Å². The molecule has 0 aliphatic carbocycles. The lowest BCUT2D eigenvalue weighted by Crippen LogP contribution is -2.45. The van der Waals surface area contributed by atoms with Gasteiger partial charge in [-0.15, -0.1) is 11.8 Å². The van der Waals surface area contributed by atoms with Crippen LogP contribution in [0.15, 0.2) is 77.7 Å². The molecule has 0 radical (unpaired) electrons. The van der Waals surface area contributed by atoms with Gasteiger partial charge in [0.25, 0.3) is 5.91 Å². The first-order valence-electron chi connectivity index (χ1n) is 13.7. The molecule has 3 aromatic carbocycles. The Morgan fingerprint density at radius 1 is 0.927 bits per heavy atom. The maximum atomic E-state index is 14.2. The number of amides is 1. The number of ether oxygens (including phenoxy) is 4. The van der Waals surface area contributed by atoms with E-state index in [1.807, 2.05) is 60.7 Å². The van der Waals surface area contributed by atoms with Gasteiger partial charge in [-0.25, -0.2) is 4.79 Å². The van der Waals surface area contributed by atoms with Gasteiger partial charge < -0.3 is 28.7 Å². The monoisotopic (exact) mass is 578 g/mol. The zero-order valence-corrected chi connectivity index (χ0v) is 24.9. The van der Waals surface area contributed by atoms with E-state index in [4.69, 9.17) is 18.9 Å². The maximum absolute atomic E-state index is 14.2. The fraction of sp³-hybridized carbons (Fsp3) is 0.375. The summed E-state index contributed by atoms with van der Waals surface area (Å²) in [6.07, 6.45) is -0.0130. The molecule has 218 valence electrons. The minimum absolute atomic E-state index is 0.184. The molecule has 0 fully saturated rings. The molecule has 0 saturated carbocycles. The molecule has 1 heterocycles. The summed E-state index contributed by atoms with van der Waals surface area (Å²) in [7, 11) is 5.34. The average molecular weight is 579 g/mol. The quantitative estimate of drug-likeness (QED) is 0.262. The third-order valence-electron chi connectivity index (χ3n) is 6.97. The Hall–Kier alpha value is -3.53. The number of thioether (sulfide) groups is 1. The van der Waals surface area contributed by atoms with E-state index >= 15 is 0 Å². The van der Waals surface area contributed by atoms with E-state index in [2.05, 4.69) is 24.1 Å². The molecule has 0 aromatic heterocycles. The Morgan fingerprint density at radius 2 is 1.59 bits per heavy atom. The molecule has 4 rings (SSSR count). The molecule has 0 saturated heterocycles. The molecular formula is C32H38N2O6S. The second kappa shape index (κ2) is 14.9. The molecule has 0 N–H and O–H groups in total. The third-order valence-corrected chi connectivity index (χ3v) is 8.34. The highest BCUT2D eigenvalue weighted by molar-refractivity contribution is 7.99. The summed E-state index contributed by atoms with van der Waals surface area (Å²) in [6.45, 7) is 3.67. The van der Waals surface area contributed by atoms with Crippen molar-refractivity contribution in [2.24, 2.45) is 0 Å². The lowest BCUT2D eigenvalue weighted by Gasteiger charge is -2.29. The second-order valence-electron chi connectivity index (χ2n) is 9.71. The van der Waals surface area contributed by atoms with Crippen molar-refractivity contribution in [2.45, 2.75) is 29.6 Å². The maximum Gasteiger partial charge on any atom is 0.332 e. The number of methoxy groups -OCH3 is 2. The van der Waals surface area contributed by atoms with Gasteiger partial charge in [0.2, 0.25) is 0 Å². The molecule has 0 spiro atoms. The molecular weight excluding hydrogens is 540 g/mol. The van der Waals surface area contributed by atoms with E-state index in [0.717, 1.165) is 40.6 Å². The van der Waals surface area contributed by atoms with Crippen molar-refractivity contribution < 1.29 is 28.5 Å². The lowest BCUT2D eigenvalue weighted by atomic mass is 10.1. The molecule has 0 unspecified atom stereocenters. The van der Waals surface area contributed by atoms with Crippen LogP contribution in [0.5, 0.6) is 11.5 Å². The van der Waals surface area contributed by atoms with Crippen LogP contribution in [-0.4, -0.2) is 77.0 Å². The first-order chi connectivity index (χ1) is 19.9. The average Bonchev–Trinajstić information content (AvgIpc) is 3.12. The molecule has 2 atom stereocenters. The summed E-state index contributed by atoms with van der Waals surface area (Å²) in [6, 6.07) is 23.6. The van der Waals surface area contributed by atoms with Gasteiger partial charge in [-0.1, -0.05) is 36.4 Å². The number of nitrogens with zero attached hydrogens (tertiary/aromatic N) is 2. The minimum atomic E-state index is -0.894. The van der Waals surface area contributed by atoms with Crippen LogP contribution in [0.2, 0.25) is 0 Å². The SMILES string of the molecule is CCOC(=O)CO[C@H]1C(=O)N(CCN(C)CCc2ccc(OC)cc2)c2ccccc2S[C@H]1c1ccc(OC)cc1. The summed E-state index contributed by atoms with van der Waals surface area (Å²) in [4.78, 5) is 31.4. The Balaban J connectivity index is 1.54. The van der Waals surface area contributed by atoms with Crippen molar-refractivity contribution in [1.29, 1.82) is 0 Å². The molecule has 1 aliphatic rings. The van der Waals surface area contributed by atoms with Gasteiger partial charge in [0.1, 0.15) is 18.1 Å². The van der Waals surface area contributed by atoms with Crippen molar-refractivity contribution >= 4 is 29.3 Å². The van der Waals surface area contributed by atoms with Crippen LogP contribution in [0.3, 0.4) is 0 Å². The van der Waals surface area contributed by atoms with Gasteiger partial charge in [-0.3, -0.25) is 4.79 Å². The molecule has 3 aromatic rings. The molecule has 41 heavy (non-hydrogen) atoms. The van der Waals surface area contributed by atoms with Crippen LogP contribution in [0, 0.1) is 0 Å². The van der Waals surface area contributed by atoms with Crippen LogP contribution < -0.4 is 14.4 Å². The van der Waals surface area contributed by atoms with Gasteiger partial charge >= 0.3 is 5.97 Å². The number of carbonyl (C=O) groups excluding carboxylic acids is 2. The van der Waals surface area contributed by atoms with Gasteiger partial charge in [-0.05, 0) is 67.9 Å². The molecule has 0 bridgehead atoms. The van der Waals surface area contributed by atoms with Crippen molar-refractivity contribution in [3.63, 3.8) is 0 Å². The predicted octanol–water partition coefficient (Wildman–Crippen LogP) is 5.01. The minimum Gasteiger partial charge on any atom is -0.497 e. The number of esters is 1. The van der Waals surface area contributed by atoms with Crippen LogP contribution in [-0.2, 0) is 25.5 Å². The summed E-state index contributed by atoms with van der Waals surface area (Å²) in [5, 5.41) is -0.373. The Kier molecular flexibility index (Phi) is 11.1. The van der Waals surface area contributed by atoms with Crippen molar-refractivity contribution in [1.82, 2.24) is 4.90 Å². The van der Waals surface area contributed by atoms with E-state index in [-0.39, 0.29) is 24.4 Å². The summed E-state index contributed by atoms with van der Waals surface area (Å²) in [5.41, 5.74) is 2.97. The van der Waals surface area contributed by atoms with E-state index in [9.17, 15) is 9.59 Å². The number of rotatable bonds is 13. The van der Waals surface area contributed by atoms with Crippen molar-refractivity contribution in [3.8, 4) is 11.5 Å². The topological polar surface area (TPSA) is 77.5 Å². The molecule has 1 amide bonds. The molecule has 8 nitrogen and oxygen atoms in total. The standard InChI is InChI=1S/C32H38N2O6S/c1-5-39-29(35)22-40-30-31(24-12-16-26(38-4)17-13-24)41-28-9-7-6-8-27(28)34(32(30)36)21-20-33(2)19-18-23-10-14-25(37-3)15-11-23/h6-17,30-31H,5,18-22H2,1-4H3/t30-,31+/m1/s1. The third kappa shape index (κ3) is 8.03. The number of hydrogen-bond donors (Lipinski definition) is 0. The highest BCUT2D eigenvalue weighted by Crippen LogP contribution is 2.46. The Morgan fingerprint density at radius 3 is 2.24 bits per heavy atom.